The highest BCUT2D eigenvalue weighted by atomic mass is 32.2. The number of hydrogen-bond acceptors (Lipinski definition) is 4. The molecule has 0 radical (unpaired) electrons. The van der Waals surface area contributed by atoms with Crippen LogP contribution in [0.1, 0.15) is 20.8 Å². The average molecular weight is 200 g/mol. The van der Waals surface area contributed by atoms with E-state index in [9.17, 15) is 4.79 Å². The van der Waals surface area contributed by atoms with Crippen LogP contribution >= 0.6 is 12.1 Å². The zero-order valence-electron chi connectivity index (χ0n) is 7.85. The minimum Gasteiger partial charge on any atom is -0.443 e. The predicted octanol–water partition coefficient (Wildman–Crippen LogP) is 2.38. The molecule has 0 fully saturated rings. The zero-order chi connectivity index (χ0) is 9.90. The van der Waals surface area contributed by atoms with Crippen molar-refractivity contribution in [2.75, 3.05) is 0 Å². The molecule has 1 rings (SSSR count). The van der Waals surface area contributed by atoms with E-state index in [0.29, 0.717) is 0 Å². The molecule has 0 unspecified atom stereocenters. The van der Waals surface area contributed by atoms with Crippen LogP contribution in [0.2, 0.25) is 0 Å². The summed E-state index contributed by atoms with van der Waals surface area (Å²) < 4.78 is 10.3. The van der Waals surface area contributed by atoms with Gasteiger partial charge in [0, 0.05) is 12.4 Å². The molecular formula is C8H12N2O2S. The fraction of sp³-hybridized carbons (Fsp3) is 0.500. The first-order valence-corrected chi connectivity index (χ1v) is 4.61. The number of rotatable bonds is 0. The van der Waals surface area contributed by atoms with Gasteiger partial charge in [-0.05, 0) is 26.8 Å². The third kappa shape index (κ3) is 3.50. The summed E-state index contributed by atoms with van der Waals surface area (Å²) >= 11 is 1.05. The molecule has 1 aliphatic rings. The number of hydrogen-bond donors (Lipinski definition) is 0. The van der Waals surface area contributed by atoms with Gasteiger partial charge < -0.3 is 4.74 Å². The van der Waals surface area contributed by atoms with Crippen LogP contribution in [0.4, 0.5) is 4.79 Å². The maximum absolute atomic E-state index is 11.4. The van der Waals surface area contributed by atoms with Gasteiger partial charge in [-0.25, -0.2) is 13.5 Å². The largest absolute Gasteiger partial charge is 0.443 e. The summed E-state index contributed by atoms with van der Waals surface area (Å²) in [5, 5.41) is 0. The molecule has 4 nitrogen and oxygen atoms in total. The van der Waals surface area contributed by atoms with Crippen molar-refractivity contribution in [3.05, 3.63) is 12.3 Å². The van der Waals surface area contributed by atoms with E-state index >= 15 is 0 Å². The number of allylic oxidation sites excluding steroid dienone is 1. The van der Waals surface area contributed by atoms with Gasteiger partial charge in [0.25, 0.3) is 0 Å². The maximum atomic E-state index is 11.4. The van der Waals surface area contributed by atoms with Crippen LogP contribution in [0.15, 0.2) is 16.7 Å². The van der Waals surface area contributed by atoms with Crippen LogP contribution in [0.25, 0.3) is 0 Å². The molecule has 0 aliphatic carbocycles. The Hall–Kier alpha value is -0.970. The molecule has 0 aromatic carbocycles. The fourth-order valence-corrected chi connectivity index (χ4v) is 1.11. The standard InChI is InChI=1S/C8H12N2O2S/c1-8(2,3)12-7(11)10-6-4-5-9-13-10/h4-6H,1-3H3. The van der Waals surface area contributed by atoms with Gasteiger partial charge in [-0.15, -0.1) is 0 Å². The van der Waals surface area contributed by atoms with E-state index in [1.807, 2.05) is 20.8 Å². The lowest BCUT2D eigenvalue weighted by Gasteiger charge is -2.23. The zero-order valence-corrected chi connectivity index (χ0v) is 8.67. The maximum Gasteiger partial charge on any atom is 0.426 e. The van der Waals surface area contributed by atoms with Gasteiger partial charge in [0.05, 0.1) is 0 Å². The highest BCUT2D eigenvalue weighted by Crippen LogP contribution is 2.19. The Morgan fingerprint density at radius 2 is 2.23 bits per heavy atom. The third-order valence-corrected chi connectivity index (χ3v) is 1.74. The summed E-state index contributed by atoms with van der Waals surface area (Å²) in [6.07, 6.45) is 4.52. The summed E-state index contributed by atoms with van der Waals surface area (Å²) in [6, 6.07) is 0. The van der Waals surface area contributed by atoms with Crippen molar-refractivity contribution in [1.29, 1.82) is 0 Å². The van der Waals surface area contributed by atoms with Crippen LogP contribution in [0, 0.1) is 0 Å². The molecule has 72 valence electrons. The van der Waals surface area contributed by atoms with Gasteiger partial charge in [-0.2, -0.15) is 0 Å². The lowest BCUT2D eigenvalue weighted by Crippen LogP contribution is -2.30. The average Bonchev–Trinajstić information content (AvgIpc) is 2.03. The molecule has 0 saturated heterocycles. The molecule has 0 aromatic rings. The second-order valence-corrected chi connectivity index (χ2v) is 4.25. The minimum atomic E-state index is -0.466. The van der Waals surface area contributed by atoms with Crippen molar-refractivity contribution in [2.24, 2.45) is 4.40 Å². The summed E-state index contributed by atoms with van der Waals surface area (Å²) in [5.74, 6) is 0. The molecule has 0 N–H and O–H groups in total. The minimum absolute atomic E-state index is 0.398. The van der Waals surface area contributed by atoms with Crippen LogP contribution < -0.4 is 0 Å². The van der Waals surface area contributed by atoms with Crippen molar-refractivity contribution >= 4 is 24.4 Å². The monoisotopic (exact) mass is 200 g/mol. The van der Waals surface area contributed by atoms with E-state index in [4.69, 9.17) is 4.74 Å². The molecule has 1 amide bonds. The van der Waals surface area contributed by atoms with Crippen molar-refractivity contribution in [3.8, 4) is 0 Å². The van der Waals surface area contributed by atoms with Gasteiger partial charge in [0.1, 0.15) is 17.7 Å². The van der Waals surface area contributed by atoms with E-state index in [1.54, 1.807) is 18.5 Å². The van der Waals surface area contributed by atoms with Gasteiger partial charge in [0.2, 0.25) is 0 Å². The van der Waals surface area contributed by atoms with E-state index in [0.717, 1.165) is 12.1 Å². The highest BCUT2D eigenvalue weighted by Gasteiger charge is 2.21. The topological polar surface area (TPSA) is 41.9 Å². The smallest absolute Gasteiger partial charge is 0.426 e. The van der Waals surface area contributed by atoms with E-state index in [2.05, 4.69) is 4.40 Å². The first kappa shape index (κ1) is 10.1. The third-order valence-electron chi connectivity index (χ3n) is 1.08. The molecule has 0 saturated carbocycles. The Morgan fingerprint density at radius 3 is 2.69 bits per heavy atom. The van der Waals surface area contributed by atoms with Crippen molar-refractivity contribution in [2.45, 2.75) is 26.4 Å². The second kappa shape index (κ2) is 3.83. The number of amides is 1. The predicted molar refractivity (Wildman–Crippen MR) is 53.3 cm³/mol. The first-order valence-electron chi connectivity index (χ1n) is 3.88. The Morgan fingerprint density at radius 1 is 1.54 bits per heavy atom. The summed E-state index contributed by atoms with van der Waals surface area (Å²) in [5.41, 5.74) is -0.466. The molecule has 13 heavy (non-hydrogen) atoms. The highest BCUT2D eigenvalue weighted by molar-refractivity contribution is 7.96. The summed E-state index contributed by atoms with van der Waals surface area (Å²) in [4.78, 5) is 11.4. The normalized spacial score (nSPS) is 16.1. The second-order valence-electron chi connectivity index (χ2n) is 3.48. The van der Waals surface area contributed by atoms with Crippen molar-refractivity contribution in [3.63, 3.8) is 0 Å². The molecular weight excluding hydrogens is 188 g/mol. The fourth-order valence-electron chi connectivity index (χ4n) is 0.658. The Labute approximate surface area is 81.9 Å². The lowest BCUT2D eigenvalue weighted by molar-refractivity contribution is 0.0453. The van der Waals surface area contributed by atoms with Crippen molar-refractivity contribution < 1.29 is 9.53 Å². The van der Waals surface area contributed by atoms with Crippen LogP contribution in [0.3, 0.4) is 0 Å². The molecule has 0 bridgehead atoms. The number of ether oxygens (including phenoxy) is 1. The van der Waals surface area contributed by atoms with Crippen molar-refractivity contribution in [1.82, 2.24) is 4.31 Å². The van der Waals surface area contributed by atoms with Crippen LogP contribution in [0.5, 0.6) is 0 Å². The lowest BCUT2D eigenvalue weighted by atomic mass is 10.2. The van der Waals surface area contributed by atoms with Crippen LogP contribution in [-0.2, 0) is 4.74 Å². The van der Waals surface area contributed by atoms with Gasteiger partial charge >= 0.3 is 6.09 Å². The van der Waals surface area contributed by atoms with Gasteiger partial charge in [0.15, 0.2) is 0 Å². The van der Waals surface area contributed by atoms with E-state index < -0.39 is 11.7 Å². The molecule has 1 heterocycles. The molecule has 5 heteroatoms. The van der Waals surface area contributed by atoms with Crippen LogP contribution in [-0.4, -0.2) is 22.2 Å². The molecule has 0 aromatic heterocycles. The molecule has 1 aliphatic heterocycles. The van der Waals surface area contributed by atoms with E-state index in [1.165, 1.54) is 4.31 Å². The Balaban J connectivity index is 2.49. The number of carbonyl (C=O) groups is 1. The van der Waals surface area contributed by atoms with Gasteiger partial charge in [-0.1, -0.05) is 0 Å². The first-order chi connectivity index (χ1) is 5.99. The molecule has 0 spiro atoms. The summed E-state index contributed by atoms with van der Waals surface area (Å²) in [6.45, 7) is 5.48. The molecule has 0 atom stereocenters. The quantitative estimate of drug-likeness (QED) is 0.564. The van der Waals surface area contributed by atoms with Gasteiger partial charge in [-0.3, -0.25) is 0 Å². The Bertz CT molecular complexity index is 255. The number of nitrogens with zero attached hydrogens (tertiary/aromatic N) is 2. The Kier molecular flexibility index (Phi) is 2.98. The summed E-state index contributed by atoms with van der Waals surface area (Å²) in [7, 11) is 0. The van der Waals surface area contributed by atoms with E-state index in [-0.39, 0.29) is 0 Å². The number of carbonyl (C=O) groups excluding carboxylic acids is 1. The SMILES string of the molecule is CC(C)(C)OC(=O)N1C=CC=NS1.